The van der Waals surface area contributed by atoms with Crippen LogP contribution >= 0.6 is 0 Å². The van der Waals surface area contributed by atoms with E-state index in [1.807, 2.05) is 19.1 Å². The largest absolute Gasteiger partial charge is 0.459 e. The van der Waals surface area contributed by atoms with Crippen LogP contribution in [0.4, 0.5) is 0 Å². The van der Waals surface area contributed by atoms with Crippen LogP contribution in [0.3, 0.4) is 0 Å². The average molecular weight is 167 g/mol. The molecule has 0 spiro atoms. The Kier molecular flexibility index (Phi) is 2.76. The maximum Gasteiger partial charge on any atom is 0.152 e. The van der Waals surface area contributed by atoms with Gasteiger partial charge in [0.25, 0.3) is 0 Å². The predicted molar refractivity (Wildman–Crippen MR) is 47.6 cm³/mol. The van der Waals surface area contributed by atoms with E-state index in [2.05, 4.69) is 5.43 Å². The standard InChI is InChI=1S/C8H13N3O/c1-2-6-3-4-8(12-6)7(5-9)11-10/h3-5,11H,2,9-10H2,1H3/b7-5-. The molecule has 0 aliphatic heterocycles. The number of furan rings is 1. The summed E-state index contributed by atoms with van der Waals surface area (Å²) in [5, 5.41) is 0. The van der Waals surface area contributed by atoms with Crippen molar-refractivity contribution in [2.24, 2.45) is 11.6 Å². The van der Waals surface area contributed by atoms with Gasteiger partial charge >= 0.3 is 0 Å². The van der Waals surface area contributed by atoms with Crippen molar-refractivity contribution in [1.82, 2.24) is 5.43 Å². The lowest BCUT2D eigenvalue weighted by atomic mass is 10.3. The molecule has 1 aromatic rings. The van der Waals surface area contributed by atoms with Gasteiger partial charge in [-0.25, -0.2) is 0 Å². The van der Waals surface area contributed by atoms with Gasteiger partial charge in [-0.3, -0.25) is 5.84 Å². The van der Waals surface area contributed by atoms with E-state index in [-0.39, 0.29) is 0 Å². The van der Waals surface area contributed by atoms with E-state index >= 15 is 0 Å². The predicted octanol–water partition coefficient (Wildman–Crippen LogP) is 0.562. The molecule has 0 unspecified atom stereocenters. The van der Waals surface area contributed by atoms with Crippen molar-refractivity contribution in [3.63, 3.8) is 0 Å². The Morgan fingerprint density at radius 3 is 2.83 bits per heavy atom. The molecule has 0 aliphatic carbocycles. The first-order chi connectivity index (χ1) is 5.81. The molecule has 12 heavy (non-hydrogen) atoms. The van der Waals surface area contributed by atoms with Gasteiger partial charge in [0.05, 0.1) is 0 Å². The zero-order valence-corrected chi connectivity index (χ0v) is 7.00. The van der Waals surface area contributed by atoms with E-state index in [4.69, 9.17) is 16.0 Å². The summed E-state index contributed by atoms with van der Waals surface area (Å²) in [6.45, 7) is 2.02. The molecule has 0 saturated carbocycles. The van der Waals surface area contributed by atoms with Crippen molar-refractivity contribution in [2.45, 2.75) is 13.3 Å². The number of nitrogens with two attached hydrogens (primary N) is 2. The fraction of sp³-hybridized carbons (Fsp3) is 0.250. The molecule has 0 bridgehead atoms. The zero-order valence-electron chi connectivity index (χ0n) is 7.00. The Balaban J connectivity index is 2.87. The minimum absolute atomic E-state index is 0.592. The van der Waals surface area contributed by atoms with Gasteiger partial charge in [-0.15, -0.1) is 0 Å². The van der Waals surface area contributed by atoms with Gasteiger partial charge in [-0.1, -0.05) is 6.92 Å². The molecule has 0 aromatic carbocycles. The molecule has 5 N–H and O–H groups in total. The summed E-state index contributed by atoms with van der Waals surface area (Å²) in [5.74, 6) is 6.79. The van der Waals surface area contributed by atoms with E-state index in [9.17, 15) is 0 Å². The van der Waals surface area contributed by atoms with Gasteiger partial charge in [0.1, 0.15) is 11.5 Å². The highest BCUT2D eigenvalue weighted by atomic mass is 16.3. The molecule has 4 heteroatoms. The van der Waals surface area contributed by atoms with Crippen molar-refractivity contribution < 1.29 is 4.42 Å². The summed E-state index contributed by atoms with van der Waals surface area (Å²) in [6.07, 6.45) is 2.24. The molecular weight excluding hydrogens is 154 g/mol. The first-order valence-corrected chi connectivity index (χ1v) is 3.79. The minimum atomic E-state index is 0.592. The minimum Gasteiger partial charge on any atom is -0.459 e. The number of rotatable bonds is 3. The first-order valence-electron chi connectivity index (χ1n) is 3.79. The number of aryl methyl sites for hydroxylation is 1. The summed E-state index contributed by atoms with van der Waals surface area (Å²) in [6, 6.07) is 3.73. The fourth-order valence-electron chi connectivity index (χ4n) is 0.914. The van der Waals surface area contributed by atoms with Gasteiger partial charge in [0, 0.05) is 12.6 Å². The molecule has 1 rings (SSSR count). The zero-order chi connectivity index (χ0) is 8.97. The SMILES string of the molecule is CCc1ccc(/C(=C/N)NN)o1. The van der Waals surface area contributed by atoms with Gasteiger partial charge < -0.3 is 15.6 Å². The molecule has 1 heterocycles. The third-order valence-corrected chi connectivity index (χ3v) is 1.60. The summed E-state index contributed by atoms with van der Waals surface area (Å²) < 4.78 is 5.39. The number of nitrogens with one attached hydrogen (secondary N) is 1. The molecule has 4 nitrogen and oxygen atoms in total. The highest BCUT2D eigenvalue weighted by molar-refractivity contribution is 5.58. The second kappa shape index (κ2) is 3.82. The van der Waals surface area contributed by atoms with Crippen molar-refractivity contribution in [3.8, 4) is 0 Å². The van der Waals surface area contributed by atoms with Crippen molar-refractivity contribution >= 4 is 5.70 Å². The molecule has 0 aliphatic rings. The second-order valence-corrected chi connectivity index (χ2v) is 2.34. The van der Waals surface area contributed by atoms with E-state index in [1.54, 1.807) is 0 Å². The Morgan fingerprint density at radius 2 is 2.42 bits per heavy atom. The molecular formula is C8H13N3O. The highest BCUT2D eigenvalue weighted by Crippen LogP contribution is 2.14. The van der Waals surface area contributed by atoms with Gasteiger partial charge in [0.2, 0.25) is 0 Å². The van der Waals surface area contributed by atoms with Crippen LogP contribution in [-0.2, 0) is 6.42 Å². The lowest BCUT2D eigenvalue weighted by Crippen LogP contribution is -2.20. The van der Waals surface area contributed by atoms with E-state index < -0.39 is 0 Å². The molecule has 0 saturated heterocycles. The van der Waals surface area contributed by atoms with Crippen LogP contribution < -0.4 is 17.0 Å². The average Bonchev–Trinajstić information content (AvgIpc) is 2.55. The molecule has 0 fully saturated rings. The van der Waals surface area contributed by atoms with Crippen LogP contribution in [0.25, 0.3) is 5.70 Å². The van der Waals surface area contributed by atoms with Crippen molar-refractivity contribution in [3.05, 3.63) is 29.9 Å². The van der Waals surface area contributed by atoms with Crippen LogP contribution in [0.15, 0.2) is 22.7 Å². The fourth-order valence-corrected chi connectivity index (χ4v) is 0.914. The Labute approximate surface area is 71.2 Å². The smallest absolute Gasteiger partial charge is 0.152 e. The first kappa shape index (κ1) is 8.67. The maximum atomic E-state index is 5.39. The van der Waals surface area contributed by atoms with E-state index in [0.29, 0.717) is 11.5 Å². The quantitative estimate of drug-likeness (QED) is 0.454. The summed E-state index contributed by atoms with van der Waals surface area (Å²) in [7, 11) is 0. The summed E-state index contributed by atoms with van der Waals surface area (Å²) in [4.78, 5) is 0. The Morgan fingerprint density at radius 1 is 1.67 bits per heavy atom. The van der Waals surface area contributed by atoms with Crippen LogP contribution in [0.1, 0.15) is 18.4 Å². The molecule has 1 aromatic heterocycles. The van der Waals surface area contributed by atoms with Gasteiger partial charge in [-0.05, 0) is 12.1 Å². The lowest BCUT2D eigenvalue weighted by molar-refractivity contribution is 0.500. The summed E-state index contributed by atoms with van der Waals surface area (Å²) in [5.41, 5.74) is 8.34. The number of hydrazine groups is 1. The van der Waals surface area contributed by atoms with Crippen LogP contribution in [0.5, 0.6) is 0 Å². The van der Waals surface area contributed by atoms with E-state index in [1.165, 1.54) is 6.20 Å². The van der Waals surface area contributed by atoms with E-state index in [0.717, 1.165) is 12.2 Å². The molecule has 0 amide bonds. The third kappa shape index (κ3) is 1.60. The lowest BCUT2D eigenvalue weighted by Gasteiger charge is -2.00. The molecule has 0 atom stereocenters. The monoisotopic (exact) mass is 167 g/mol. The highest BCUT2D eigenvalue weighted by Gasteiger charge is 2.03. The number of hydrogen-bond donors (Lipinski definition) is 3. The second-order valence-electron chi connectivity index (χ2n) is 2.34. The van der Waals surface area contributed by atoms with Crippen molar-refractivity contribution in [1.29, 1.82) is 0 Å². The van der Waals surface area contributed by atoms with Crippen LogP contribution in [0, 0.1) is 0 Å². The Hall–Kier alpha value is -1.42. The third-order valence-electron chi connectivity index (χ3n) is 1.60. The Bertz CT molecular complexity index is 278. The normalized spacial score (nSPS) is 11.7. The van der Waals surface area contributed by atoms with Crippen molar-refractivity contribution in [2.75, 3.05) is 0 Å². The topological polar surface area (TPSA) is 77.2 Å². The maximum absolute atomic E-state index is 5.39. The molecule has 0 radical (unpaired) electrons. The van der Waals surface area contributed by atoms with Crippen LogP contribution in [0.2, 0.25) is 0 Å². The molecule has 66 valence electrons. The summed E-state index contributed by atoms with van der Waals surface area (Å²) >= 11 is 0. The van der Waals surface area contributed by atoms with Gasteiger partial charge in [0.15, 0.2) is 5.76 Å². The number of hydrogen-bond acceptors (Lipinski definition) is 4. The van der Waals surface area contributed by atoms with Gasteiger partial charge in [-0.2, -0.15) is 0 Å². The van der Waals surface area contributed by atoms with Crippen LogP contribution in [-0.4, -0.2) is 0 Å².